The van der Waals surface area contributed by atoms with Crippen molar-refractivity contribution in [3.8, 4) is 0 Å². The average Bonchev–Trinajstić information content (AvgIpc) is 2.94. The van der Waals surface area contributed by atoms with Gasteiger partial charge in [0, 0.05) is 17.6 Å². The molecule has 0 aliphatic heterocycles. The van der Waals surface area contributed by atoms with E-state index in [-0.39, 0.29) is 0 Å². The van der Waals surface area contributed by atoms with Crippen LogP contribution in [0.3, 0.4) is 0 Å². The highest BCUT2D eigenvalue weighted by atomic mass is 32.1. The van der Waals surface area contributed by atoms with Crippen molar-refractivity contribution in [1.82, 2.24) is 10.3 Å². The number of hydrogen-bond acceptors (Lipinski definition) is 3. The van der Waals surface area contributed by atoms with Crippen LogP contribution in [0.25, 0.3) is 0 Å². The first-order chi connectivity index (χ1) is 7.72. The lowest BCUT2D eigenvalue weighted by Gasteiger charge is -2.26. The highest BCUT2D eigenvalue weighted by molar-refractivity contribution is 7.09. The van der Waals surface area contributed by atoms with Gasteiger partial charge in [-0.15, -0.1) is 11.3 Å². The van der Waals surface area contributed by atoms with E-state index in [9.17, 15) is 0 Å². The quantitative estimate of drug-likeness (QED) is 0.819. The Morgan fingerprint density at radius 2 is 2.25 bits per heavy atom. The van der Waals surface area contributed by atoms with Gasteiger partial charge < -0.3 is 5.32 Å². The number of aromatic nitrogens is 1. The van der Waals surface area contributed by atoms with Crippen molar-refractivity contribution >= 4 is 11.3 Å². The summed E-state index contributed by atoms with van der Waals surface area (Å²) >= 11 is 1.79. The van der Waals surface area contributed by atoms with Gasteiger partial charge in [-0.05, 0) is 31.1 Å². The van der Waals surface area contributed by atoms with E-state index in [2.05, 4.69) is 36.5 Å². The molecule has 1 aromatic heterocycles. The van der Waals surface area contributed by atoms with Crippen molar-refractivity contribution in [3.63, 3.8) is 0 Å². The summed E-state index contributed by atoms with van der Waals surface area (Å²) in [6.45, 7) is 6.86. The second-order valence-electron chi connectivity index (χ2n) is 5.11. The fourth-order valence-electron chi connectivity index (χ4n) is 2.24. The summed E-state index contributed by atoms with van der Waals surface area (Å²) in [5.74, 6) is 1.53. The minimum absolute atomic E-state index is 0.507. The van der Waals surface area contributed by atoms with E-state index in [1.807, 2.05) is 6.20 Å². The van der Waals surface area contributed by atoms with E-state index < -0.39 is 0 Å². The monoisotopic (exact) mass is 238 g/mol. The zero-order valence-corrected chi connectivity index (χ0v) is 11.3. The Labute approximate surface area is 102 Å². The molecule has 0 radical (unpaired) electrons. The van der Waals surface area contributed by atoms with Crippen LogP contribution in [0.4, 0.5) is 0 Å². The molecule has 1 heterocycles. The van der Waals surface area contributed by atoms with Crippen molar-refractivity contribution in [2.45, 2.75) is 52.1 Å². The Morgan fingerprint density at radius 3 is 2.69 bits per heavy atom. The fourth-order valence-corrected chi connectivity index (χ4v) is 3.03. The molecule has 2 nitrogen and oxygen atoms in total. The summed E-state index contributed by atoms with van der Waals surface area (Å²) in [5, 5.41) is 7.18. The third-order valence-electron chi connectivity index (χ3n) is 3.45. The first-order valence-electron chi connectivity index (χ1n) is 6.37. The van der Waals surface area contributed by atoms with Crippen LogP contribution >= 0.6 is 11.3 Å². The van der Waals surface area contributed by atoms with Crippen LogP contribution in [0.5, 0.6) is 0 Å². The number of rotatable bonds is 6. The Bertz CT molecular complexity index is 304. The summed E-state index contributed by atoms with van der Waals surface area (Å²) in [6, 6.07) is 1.13. The first kappa shape index (κ1) is 12.1. The molecule has 3 heteroatoms. The van der Waals surface area contributed by atoms with Gasteiger partial charge in [0.25, 0.3) is 0 Å². The first-order valence-corrected chi connectivity index (χ1v) is 7.25. The maximum absolute atomic E-state index is 4.48. The van der Waals surface area contributed by atoms with Gasteiger partial charge in [-0.2, -0.15) is 0 Å². The van der Waals surface area contributed by atoms with Gasteiger partial charge in [0.1, 0.15) is 5.01 Å². The van der Waals surface area contributed by atoms with Crippen LogP contribution in [0.1, 0.15) is 51.1 Å². The zero-order valence-electron chi connectivity index (χ0n) is 10.4. The smallest absolute Gasteiger partial charge is 0.110 e. The summed E-state index contributed by atoms with van der Waals surface area (Å²) in [6.07, 6.45) is 5.86. The highest BCUT2D eigenvalue weighted by Crippen LogP contribution is 2.42. The molecule has 2 rings (SSSR count). The molecule has 0 aromatic carbocycles. The molecular formula is C13H22N2S. The Morgan fingerprint density at radius 1 is 1.50 bits per heavy atom. The van der Waals surface area contributed by atoms with E-state index in [4.69, 9.17) is 0 Å². The molecule has 1 aliphatic carbocycles. The molecule has 0 saturated heterocycles. The summed E-state index contributed by atoms with van der Waals surface area (Å²) in [5.41, 5.74) is 0. The highest BCUT2D eigenvalue weighted by Gasteiger charge is 2.35. The summed E-state index contributed by atoms with van der Waals surface area (Å²) < 4.78 is 0. The van der Waals surface area contributed by atoms with Gasteiger partial charge in [0.05, 0.1) is 6.04 Å². The third kappa shape index (κ3) is 2.83. The van der Waals surface area contributed by atoms with Crippen LogP contribution in [-0.4, -0.2) is 11.0 Å². The molecule has 16 heavy (non-hydrogen) atoms. The topological polar surface area (TPSA) is 24.9 Å². The van der Waals surface area contributed by atoms with Gasteiger partial charge in [0.15, 0.2) is 0 Å². The molecule has 1 N–H and O–H groups in total. The maximum Gasteiger partial charge on any atom is 0.110 e. The molecule has 2 unspecified atom stereocenters. The van der Waals surface area contributed by atoms with Gasteiger partial charge in [0.2, 0.25) is 0 Å². The van der Waals surface area contributed by atoms with Crippen molar-refractivity contribution in [1.29, 1.82) is 0 Å². The Kier molecular flexibility index (Phi) is 3.98. The average molecular weight is 238 g/mol. The van der Waals surface area contributed by atoms with Crippen LogP contribution in [0, 0.1) is 11.8 Å². The Hall–Kier alpha value is -0.410. The molecule has 1 fully saturated rings. The van der Waals surface area contributed by atoms with Gasteiger partial charge in [-0.3, -0.25) is 0 Å². The van der Waals surface area contributed by atoms with Crippen LogP contribution in [0.2, 0.25) is 0 Å². The van der Waals surface area contributed by atoms with Crippen LogP contribution in [-0.2, 0) is 0 Å². The molecule has 1 aliphatic rings. The SMILES string of the molecule is CCC(NC(c1nccs1)C1CC1)C(C)C. The van der Waals surface area contributed by atoms with E-state index in [1.54, 1.807) is 11.3 Å². The molecule has 0 amide bonds. The molecule has 0 bridgehead atoms. The molecule has 90 valence electrons. The standard InChI is InChI=1S/C13H22N2S/c1-4-11(9(2)3)15-12(10-5-6-10)13-14-7-8-16-13/h7-12,15H,4-6H2,1-3H3. The number of nitrogens with one attached hydrogen (secondary N) is 1. The lowest BCUT2D eigenvalue weighted by Crippen LogP contribution is -2.37. The molecule has 1 aromatic rings. The van der Waals surface area contributed by atoms with E-state index in [0.29, 0.717) is 18.0 Å². The van der Waals surface area contributed by atoms with Crippen LogP contribution in [0.15, 0.2) is 11.6 Å². The molecule has 1 saturated carbocycles. The largest absolute Gasteiger partial charge is 0.305 e. The summed E-state index contributed by atoms with van der Waals surface area (Å²) in [4.78, 5) is 4.48. The van der Waals surface area contributed by atoms with Crippen molar-refractivity contribution < 1.29 is 0 Å². The number of nitrogens with zero attached hydrogens (tertiary/aromatic N) is 1. The lowest BCUT2D eigenvalue weighted by atomic mass is 10.00. The molecular weight excluding hydrogens is 216 g/mol. The minimum Gasteiger partial charge on any atom is -0.305 e. The predicted molar refractivity (Wildman–Crippen MR) is 69.6 cm³/mol. The van der Waals surface area contributed by atoms with Crippen LogP contribution < -0.4 is 5.32 Å². The van der Waals surface area contributed by atoms with Gasteiger partial charge >= 0.3 is 0 Å². The van der Waals surface area contributed by atoms with E-state index in [0.717, 1.165) is 5.92 Å². The Balaban J connectivity index is 2.03. The molecule has 2 atom stereocenters. The second-order valence-corrected chi connectivity index (χ2v) is 6.04. The predicted octanol–water partition coefficient (Wildman–Crippen LogP) is 3.62. The fraction of sp³-hybridized carbons (Fsp3) is 0.769. The third-order valence-corrected chi connectivity index (χ3v) is 4.31. The van der Waals surface area contributed by atoms with Crippen molar-refractivity contribution in [2.24, 2.45) is 11.8 Å². The minimum atomic E-state index is 0.507. The number of hydrogen-bond donors (Lipinski definition) is 1. The lowest BCUT2D eigenvalue weighted by molar-refractivity contribution is 0.327. The number of thiazole rings is 1. The normalized spacial score (nSPS) is 20.0. The van der Waals surface area contributed by atoms with Gasteiger partial charge in [-0.25, -0.2) is 4.98 Å². The van der Waals surface area contributed by atoms with Crippen molar-refractivity contribution in [3.05, 3.63) is 16.6 Å². The zero-order chi connectivity index (χ0) is 11.5. The summed E-state index contributed by atoms with van der Waals surface area (Å²) in [7, 11) is 0. The maximum atomic E-state index is 4.48. The van der Waals surface area contributed by atoms with E-state index in [1.165, 1.54) is 24.3 Å². The van der Waals surface area contributed by atoms with Gasteiger partial charge in [-0.1, -0.05) is 20.8 Å². The molecule has 0 spiro atoms. The second kappa shape index (κ2) is 5.28. The van der Waals surface area contributed by atoms with Crippen molar-refractivity contribution in [2.75, 3.05) is 0 Å². The van der Waals surface area contributed by atoms with E-state index >= 15 is 0 Å².